The van der Waals surface area contributed by atoms with Crippen molar-refractivity contribution < 1.29 is 9.84 Å². The molecule has 0 radical (unpaired) electrons. The fourth-order valence-corrected chi connectivity index (χ4v) is 2.12. The van der Waals surface area contributed by atoms with Crippen molar-refractivity contribution >= 4 is 11.6 Å². The Kier molecular flexibility index (Phi) is 3.37. The first-order valence-electron chi connectivity index (χ1n) is 5.25. The number of aromatic nitrogens is 2. The Bertz CT molecular complexity index is 524. The maximum absolute atomic E-state index is 11.6. The van der Waals surface area contributed by atoms with Crippen LogP contribution in [0.25, 0.3) is 0 Å². The lowest BCUT2D eigenvalue weighted by Gasteiger charge is -2.14. The second kappa shape index (κ2) is 4.64. The van der Waals surface area contributed by atoms with E-state index in [1.165, 1.54) is 10.8 Å². The quantitative estimate of drug-likeness (QED) is 0.717. The van der Waals surface area contributed by atoms with Crippen LogP contribution in [0.2, 0.25) is 0 Å². The summed E-state index contributed by atoms with van der Waals surface area (Å²) in [4.78, 5) is 25.0. The van der Waals surface area contributed by atoms with Gasteiger partial charge in [0.1, 0.15) is 6.23 Å². The van der Waals surface area contributed by atoms with Crippen LogP contribution >= 0.6 is 11.6 Å². The molecule has 17 heavy (non-hydrogen) atoms. The van der Waals surface area contributed by atoms with Gasteiger partial charge in [-0.05, 0) is 6.92 Å². The van der Waals surface area contributed by atoms with Gasteiger partial charge in [0.05, 0.1) is 18.1 Å². The first-order valence-corrected chi connectivity index (χ1v) is 5.69. The van der Waals surface area contributed by atoms with Crippen molar-refractivity contribution in [2.45, 2.75) is 31.1 Å². The third-order valence-electron chi connectivity index (χ3n) is 2.80. The van der Waals surface area contributed by atoms with Crippen LogP contribution in [0.15, 0.2) is 15.8 Å². The normalized spacial score (nSPS) is 28.5. The average Bonchev–Trinajstić information content (AvgIpc) is 2.65. The molecule has 0 amide bonds. The van der Waals surface area contributed by atoms with E-state index in [-0.39, 0.29) is 12.0 Å². The highest BCUT2D eigenvalue weighted by Crippen LogP contribution is 2.30. The van der Waals surface area contributed by atoms with Gasteiger partial charge >= 0.3 is 5.69 Å². The molecule has 2 N–H and O–H groups in total. The zero-order valence-corrected chi connectivity index (χ0v) is 9.98. The summed E-state index contributed by atoms with van der Waals surface area (Å²) in [6.45, 7) is 1.41. The fourth-order valence-electron chi connectivity index (χ4n) is 1.82. The van der Waals surface area contributed by atoms with Crippen LogP contribution < -0.4 is 11.2 Å². The van der Waals surface area contributed by atoms with Crippen molar-refractivity contribution in [3.05, 3.63) is 32.6 Å². The molecule has 0 aromatic carbocycles. The summed E-state index contributed by atoms with van der Waals surface area (Å²) in [7, 11) is 0. The van der Waals surface area contributed by atoms with Crippen molar-refractivity contribution in [2.75, 3.05) is 6.61 Å². The average molecular weight is 261 g/mol. The Hall–Kier alpha value is -1.11. The first kappa shape index (κ1) is 12.3. The van der Waals surface area contributed by atoms with Gasteiger partial charge in [0.25, 0.3) is 5.56 Å². The molecule has 94 valence electrons. The Morgan fingerprint density at radius 2 is 2.35 bits per heavy atom. The van der Waals surface area contributed by atoms with Crippen LogP contribution in [0.5, 0.6) is 0 Å². The summed E-state index contributed by atoms with van der Waals surface area (Å²) >= 11 is 5.97. The van der Waals surface area contributed by atoms with Gasteiger partial charge in [-0.2, -0.15) is 0 Å². The summed E-state index contributed by atoms with van der Waals surface area (Å²) < 4.78 is 6.74. The van der Waals surface area contributed by atoms with Gasteiger partial charge in [-0.25, -0.2) is 4.79 Å². The van der Waals surface area contributed by atoms with Gasteiger partial charge in [0.15, 0.2) is 0 Å². The predicted octanol–water partition coefficient (Wildman–Crippen LogP) is -0.268. The number of aliphatic hydroxyl groups excluding tert-OH is 1. The number of nitrogens with zero attached hydrogens (tertiary/aromatic N) is 1. The van der Waals surface area contributed by atoms with E-state index in [1.807, 2.05) is 0 Å². The number of ether oxygens (including phenoxy) is 1. The van der Waals surface area contributed by atoms with Crippen molar-refractivity contribution in [3.8, 4) is 0 Å². The van der Waals surface area contributed by atoms with Crippen LogP contribution in [-0.4, -0.2) is 32.7 Å². The van der Waals surface area contributed by atoms with E-state index < -0.39 is 23.6 Å². The first-order chi connectivity index (χ1) is 8.02. The lowest BCUT2D eigenvalue weighted by Crippen LogP contribution is -2.33. The summed E-state index contributed by atoms with van der Waals surface area (Å²) in [6.07, 6.45) is 0.825. The molecular weight excluding hydrogens is 248 g/mol. The number of alkyl halides is 1. The lowest BCUT2D eigenvalue weighted by atomic mass is 10.2. The van der Waals surface area contributed by atoms with Gasteiger partial charge < -0.3 is 9.84 Å². The topological polar surface area (TPSA) is 84.3 Å². The Morgan fingerprint density at radius 3 is 2.94 bits per heavy atom. The number of rotatable bonds is 2. The Labute approximate surface area is 102 Å². The SMILES string of the molecule is Cc1cn([C@H]2C[C@@H](Cl)[C@@H](CO)O2)c(=O)[nH]c1=O. The van der Waals surface area contributed by atoms with Crippen LogP contribution in [0.4, 0.5) is 0 Å². The highest BCUT2D eigenvalue weighted by Gasteiger charge is 2.34. The molecule has 1 aliphatic rings. The van der Waals surface area contributed by atoms with E-state index in [2.05, 4.69) is 4.98 Å². The smallest absolute Gasteiger partial charge is 0.330 e. The minimum absolute atomic E-state index is 0.193. The number of aryl methyl sites for hydroxylation is 1. The zero-order valence-electron chi connectivity index (χ0n) is 9.22. The van der Waals surface area contributed by atoms with Gasteiger partial charge in [-0.3, -0.25) is 14.3 Å². The van der Waals surface area contributed by atoms with Crippen molar-refractivity contribution in [3.63, 3.8) is 0 Å². The molecule has 3 atom stereocenters. The highest BCUT2D eigenvalue weighted by atomic mass is 35.5. The summed E-state index contributed by atoms with van der Waals surface area (Å²) in [5, 5.41) is 8.67. The van der Waals surface area contributed by atoms with Crippen LogP contribution in [0.1, 0.15) is 18.2 Å². The fraction of sp³-hybridized carbons (Fsp3) is 0.600. The van der Waals surface area contributed by atoms with Crippen molar-refractivity contribution in [1.29, 1.82) is 0 Å². The molecule has 0 spiro atoms. The summed E-state index contributed by atoms with van der Waals surface area (Å²) in [5.74, 6) is 0. The number of hydrogen-bond donors (Lipinski definition) is 2. The number of H-pyrrole nitrogens is 1. The molecule has 2 rings (SSSR count). The second-order valence-corrected chi connectivity index (χ2v) is 4.60. The largest absolute Gasteiger partial charge is 0.394 e. The minimum atomic E-state index is -0.544. The van der Waals surface area contributed by atoms with Crippen molar-refractivity contribution in [1.82, 2.24) is 9.55 Å². The number of halogens is 1. The Morgan fingerprint density at radius 1 is 1.65 bits per heavy atom. The maximum atomic E-state index is 11.6. The monoisotopic (exact) mass is 260 g/mol. The molecule has 2 heterocycles. The molecule has 0 unspecified atom stereocenters. The van der Waals surface area contributed by atoms with Gasteiger partial charge in [0, 0.05) is 18.2 Å². The highest BCUT2D eigenvalue weighted by molar-refractivity contribution is 6.21. The minimum Gasteiger partial charge on any atom is -0.394 e. The number of aliphatic hydroxyl groups is 1. The molecule has 1 aromatic rings. The number of nitrogens with one attached hydrogen (secondary N) is 1. The van der Waals surface area contributed by atoms with Gasteiger partial charge in [-0.1, -0.05) is 0 Å². The number of hydrogen-bond acceptors (Lipinski definition) is 4. The third kappa shape index (κ3) is 2.29. The molecule has 7 heteroatoms. The van der Waals surface area contributed by atoms with Crippen LogP contribution in [-0.2, 0) is 4.74 Å². The van der Waals surface area contributed by atoms with E-state index in [4.69, 9.17) is 21.4 Å². The zero-order chi connectivity index (χ0) is 12.6. The molecule has 1 fully saturated rings. The Balaban J connectivity index is 2.34. The maximum Gasteiger partial charge on any atom is 0.330 e. The number of aromatic amines is 1. The van der Waals surface area contributed by atoms with Gasteiger partial charge in [-0.15, -0.1) is 11.6 Å². The molecule has 6 nitrogen and oxygen atoms in total. The third-order valence-corrected chi connectivity index (χ3v) is 3.26. The summed E-state index contributed by atoms with van der Waals surface area (Å²) in [6, 6.07) is 0. The van der Waals surface area contributed by atoms with E-state index in [9.17, 15) is 9.59 Å². The van der Waals surface area contributed by atoms with E-state index in [1.54, 1.807) is 6.92 Å². The molecule has 0 bridgehead atoms. The van der Waals surface area contributed by atoms with E-state index >= 15 is 0 Å². The van der Waals surface area contributed by atoms with Gasteiger partial charge in [0.2, 0.25) is 0 Å². The summed E-state index contributed by atoms with van der Waals surface area (Å²) in [5.41, 5.74) is -0.523. The predicted molar refractivity (Wildman–Crippen MR) is 61.3 cm³/mol. The second-order valence-electron chi connectivity index (χ2n) is 4.04. The molecule has 1 aliphatic heterocycles. The van der Waals surface area contributed by atoms with Crippen LogP contribution in [0.3, 0.4) is 0 Å². The lowest BCUT2D eigenvalue weighted by molar-refractivity contribution is -0.0241. The van der Waals surface area contributed by atoms with E-state index in [0.29, 0.717) is 12.0 Å². The molecule has 0 aliphatic carbocycles. The molecule has 1 aromatic heterocycles. The standard InChI is InChI=1S/C10H13ClN2O4/c1-5-3-13(10(16)12-9(5)15)8-2-6(11)7(4-14)17-8/h3,6-8,14H,2,4H2,1H3,(H,12,15,16)/t6-,7-,8-/m1/s1. The molecule has 0 saturated carbocycles. The molecule has 1 saturated heterocycles. The van der Waals surface area contributed by atoms with Crippen LogP contribution in [0, 0.1) is 6.92 Å². The van der Waals surface area contributed by atoms with E-state index in [0.717, 1.165) is 0 Å². The van der Waals surface area contributed by atoms with Crippen molar-refractivity contribution in [2.24, 2.45) is 0 Å². The molecular formula is C10H13ClN2O4.